The lowest BCUT2D eigenvalue weighted by atomic mass is 10.0. The van der Waals surface area contributed by atoms with Crippen molar-refractivity contribution in [3.8, 4) is 0 Å². The van der Waals surface area contributed by atoms with Gasteiger partial charge in [-0.1, -0.05) is 36.8 Å². The lowest BCUT2D eigenvalue weighted by molar-refractivity contribution is 0.0693. The summed E-state index contributed by atoms with van der Waals surface area (Å²) in [7, 11) is -3.28. The molecule has 1 saturated carbocycles. The van der Waals surface area contributed by atoms with Gasteiger partial charge in [0.25, 0.3) is 17.4 Å². The van der Waals surface area contributed by atoms with Gasteiger partial charge < -0.3 is 14.8 Å². The number of pyridine rings is 1. The van der Waals surface area contributed by atoms with E-state index in [9.17, 15) is 22.8 Å². The molecular weight excluding hydrogens is 442 g/mol. The third kappa shape index (κ3) is 4.34. The van der Waals surface area contributed by atoms with Crippen LogP contribution in [0.3, 0.4) is 0 Å². The van der Waals surface area contributed by atoms with Crippen molar-refractivity contribution in [2.24, 2.45) is 0 Å². The summed E-state index contributed by atoms with van der Waals surface area (Å²) in [5, 5.41) is 2.80. The Balaban J connectivity index is 1.59. The van der Waals surface area contributed by atoms with Crippen LogP contribution >= 0.6 is 0 Å². The molecule has 0 unspecified atom stereocenters. The quantitative estimate of drug-likeness (QED) is 0.662. The lowest BCUT2D eigenvalue weighted by Crippen LogP contribution is -2.50. The Labute approximate surface area is 193 Å². The number of carbonyl (C=O) groups is 2. The monoisotopic (exact) mass is 471 g/mol. The first-order valence-corrected chi connectivity index (χ1v) is 13.0. The van der Waals surface area contributed by atoms with Crippen molar-refractivity contribution in [3.63, 3.8) is 0 Å². The highest BCUT2D eigenvalue weighted by molar-refractivity contribution is 7.92. The second kappa shape index (κ2) is 8.44. The second-order valence-corrected chi connectivity index (χ2v) is 11.5. The summed E-state index contributed by atoms with van der Waals surface area (Å²) in [4.78, 5) is 40.8. The van der Waals surface area contributed by atoms with Gasteiger partial charge in [-0.3, -0.25) is 14.4 Å². The van der Waals surface area contributed by atoms with Crippen LogP contribution in [0.15, 0.2) is 35.1 Å². The van der Waals surface area contributed by atoms with Crippen LogP contribution in [0.5, 0.6) is 0 Å². The Kier molecular flexibility index (Phi) is 5.94. The zero-order chi connectivity index (χ0) is 24.0. The van der Waals surface area contributed by atoms with Crippen molar-refractivity contribution in [1.29, 1.82) is 0 Å². The van der Waals surface area contributed by atoms with Gasteiger partial charge in [-0.2, -0.15) is 0 Å². The van der Waals surface area contributed by atoms with Crippen molar-refractivity contribution >= 4 is 21.7 Å². The van der Waals surface area contributed by atoms with E-state index in [0.29, 0.717) is 31.4 Å². The second-order valence-electron chi connectivity index (χ2n) is 9.09. The molecule has 2 heterocycles. The maximum Gasteiger partial charge on any atom is 0.270 e. The minimum absolute atomic E-state index is 0.0127. The largest absolute Gasteiger partial charge is 0.348 e. The third-order valence-corrected chi connectivity index (χ3v) is 8.83. The number of aryl methyl sites for hydroxylation is 2. The summed E-state index contributed by atoms with van der Waals surface area (Å²) in [6, 6.07) is 9.25. The summed E-state index contributed by atoms with van der Waals surface area (Å²) in [5.74, 6) is -0.828. The molecule has 33 heavy (non-hydrogen) atoms. The van der Waals surface area contributed by atoms with E-state index in [1.807, 2.05) is 38.1 Å². The first-order valence-electron chi connectivity index (χ1n) is 11.2. The predicted molar refractivity (Wildman–Crippen MR) is 125 cm³/mol. The van der Waals surface area contributed by atoms with E-state index in [-0.39, 0.29) is 36.8 Å². The number of hydrogen-bond donors (Lipinski definition) is 1. The number of rotatable bonds is 7. The van der Waals surface area contributed by atoms with E-state index in [4.69, 9.17) is 0 Å². The average Bonchev–Trinajstić information content (AvgIpc) is 3.56. The summed E-state index contributed by atoms with van der Waals surface area (Å²) >= 11 is 0. The van der Waals surface area contributed by atoms with Crippen molar-refractivity contribution in [2.75, 3.05) is 19.3 Å². The van der Waals surface area contributed by atoms with Gasteiger partial charge in [0.05, 0.1) is 4.75 Å². The van der Waals surface area contributed by atoms with E-state index in [1.165, 1.54) is 16.9 Å². The fraction of sp³-hybridized carbons (Fsp3) is 0.458. The van der Waals surface area contributed by atoms with Gasteiger partial charge in [0.2, 0.25) is 0 Å². The zero-order valence-electron chi connectivity index (χ0n) is 19.2. The minimum atomic E-state index is -3.28. The first kappa shape index (κ1) is 23.2. The molecule has 1 N–H and O–H groups in total. The molecule has 0 spiro atoms. The number of hydrogen-bond acceptors (Lipinski definition) is 5. The SMILES string of the molecule is CCc1cc(C(=O)NCc2ccc(C)cc2)c(=O)n2c1C(=O)N(CC1(S(C)(=O)=O)CC1)CC2. The number of carbonyl (C=O) groups excluding carboxylic acids is 2. The topological polar surface area (TPSA) is 106 Å². The van der Waals surface area contributed by atoms with Crippen LogP contribution in [0.1, 0.15) is 57.3 Å². The van der Waals surface area contributed by atoms with Crippen LogP contribution in [0.25, 0.3) is 0 Å². The molecule has 2 aliphatic rings. The van der Waals surface area contributed by atoms with Crippen LogP contribution in [0, 0.1) is 6.92 Å². The standard InChI is InChI=1S/C24H29N3O5S/c1-4-18-13-19(21(28)25-14-17-7-5-16(2)6-8-17)22(29)27-12-11-26(23(30)20(18)27)15-24(9-10-24)33(3,31)32/h5-8,13H,4,9-12,14-15H2,1-3H3,(H,25,28). The van der Waals surface area contributed by atoms with E-state index in [0.717, 1.165) is 11.1 Å². The third-order valence-electron chi connectivity index (χ3n) is 6.72. The van der Waals surface area contributed by atoms with Gasteiger partial charge in [-0.25, -0.2) is 8.42 Å². The summed E-state index contributed by atoms with van der Waals surface area (Å²) in [6.07, 6.45) is 2.77. The van der Waals surface area contributed by atoms with Gasteiger partial charge in [0.1, 0.15) is 11.3 Å². The Morgan fingerprint density at radius 1 is 1.12 bits per heavy atom. The van der Waals surface area contributed by atoms with Gasteiger partial charge in [0, 0.05) is 32.4 Å². The lowest BCUT2D eigenvalue weighted by Gasteiger charge is -2.33. The molecule has 0 radical (unpaired) electrons. The van der Waals surface area contributed by atoms with Crippen LogP contribution in [-0.4, -0.2) is 53.8 Å². The fourth-order valence-electron chi connectivity index (χ4n) is 4.36. The molecule has 1 aliphatic carbocycles. The maximum absolute atomic E-state index is 13.3. The fourth-order valence-corrected chi connectivity index (χ4v) is 5.60. The van der Waals surface area contributed by atoms with Crippen molar-refractivity contribution in [1.82, 2.24) is 14.8 Å². The van der Waals surface area contributed by atoms with E-state index in [1.54, 1.807) is 4.90 Å². The van der Waals surface area contributed by atoms with Gasteiger partial charge in [-0.15, -0.1) is 0 Å². The van der Waals surface area contributed by atoms with Crippen LogP contribution < -0.4 is 10.9 Å². The maximum atomic E-state index is 13.3. The highest BCUT2D eigenvalue weighted by atomic mass is 32.2. The van der Waals surface area contributed by atoms with Crippen molar-refractivity contribution < 1.29 is 18.0 Å². The number of fused-ring (bicyclic) bond motifs is 1. The van der Waals surface area contributed by atoms with Gasteiger partial charge >= 0.3 is 0 Å². The predicted octanol–water partition coefficient (Wildman–Crippen LogP) is 1.68. The van der Waals surface area contributed by atoms with Crippen LogP contribution in [0.2, 0.25) is 0 Å². The molecule has 176 valence electrons. The summed E-state index contributed by atoms with van der Waals surface area (Å²) < 4.78 is 24.9. The molecule has 2 aromatic rings. The van der Waals surface area contributed by atoms with Gasteiger partial charge in [0.15, 0.2) is 9.84 Å². The number of amides is 2. The van der Waals surface area contributed by atoms with E-state index < -0.39 is 26.1 Å². The molecule has 9 heteroatoms. The molecule has 0 bridgehead atoms. The number of nitrogens with zero attached hydrogens (tertiary/aromatic N) is 2. The molecule has 0 atom stereocenters. The average molecular weight is 472 g/mol. The molecule has 1 aromatic carbocycles. The van der Waals surface area contributed by atoms with E-state index >= 15 is 0 Å². The molecule has 1 aliphatic heterocycles. The number of aromatic nitrogens is 1. The summed E-state index contributed by atoms with van der Waals surface area (Å²) in [6.45, 7) is 4.74. The van der Waals surface area contributed by atoms with Gasteiger partial charge in [-0.05, 0) is 43.4 Å². The van der Waals surface area contributed by atoms with Crippen molar-refractivity contribution in [2.45, 2.75) is 50.9 Å². The Hall–Kier alpha value is -2.94. The molecule has 2 amide bonds. The first-order chi connectivity index (χ1) is 15.6. The molecular formula is C24H29N3O5S. The number of sulfone groups is 1. The zero-order valence-corrected chi connectivity index (χ0v) is 20.0. The normalized spacial score (nSPS) is 16.9. The number of benzene rings is 1. The smallest absolute Gasteiger partial charge is 0.270 e. The Morgan fingerprint density at radius 3 is 2.36 bits per heavy atom. The Bertz CT molecular complexity index is 1270. The molecule has 4 rings (SSSR count). The number of nitrogens with one attached hydrogen (secondary N) is 1. The minimum Gasteiger partial charge on any atom is -0.348 e. The van der Waals surface area contributed by atoms with E-state index in [2.05, 4.69) is 5.32 Å². The van der Waals surface area contributed by atoms with Crippen molar-refractivity contribution in [3.05, 3.63) is 68.6 Å². The highest BCUT2D eigenvalue weighted by Crippen LogP contribution is 2.44. The molecule has 1 aromatic heterocycles. The molecule has 1 fully saturated rings. The molecule has 0 saturated heterocycles. The highest BCUT2D eigenvalue weighted by Gasteiger charge is 2.54. The summed E-state index contributed by atoms with van der Waals surface area (Å²) in [5.41, 5.74) is 2.42. The molecule has 8 nitrogen and oxygen atoms in total. The Morgan fingerprint density at radius 2 is 1.79 bits per heavy atom. The van der Waals surface area contributed by atoms with Crippen LogP contribution in [0.4, 0.5) is 0 Å². The van der Waals surface area contributed by atoms with Crippen LogP contribution in [-0.2, 0) is 29.3 Å².